The lowest BCUT2D eigenvalue weighted by Crippen LogP contribution is -2.50. The van der Waals surface area contributed by atoms with Gasteiger partial charge in [0.25, 0.3) is 0 Å². The van der Waals surface area contributed by atoms with Gasteiger partial charge in [0.2, 0.25) is 11.8 Å². The minimum Gasteiger partial charge on any atom is -0.344 e. The molecule has 5 nitrogen and oxygen atoms in total. The fourth-order valence-corrected chi connectivity index (χ4v) is 4.24. The molecule has 24 heavy (non-hydrogen) atoms. The van der Waals surface area contributed by atoms with Gasteiger partial charge in [0.1, 0.15) is 5.01 Å². The van der Waals surface area contributed by atoms with Crippen molar-refractivity contribution in [3.05, 3.63) is 16.1 Å². The number of hydrogen-bond donors (Lipinski definition) is 1. The Labute approximate surface area is 147 Å². The van der Waals surface area contributed by atoms with Gasteiger partial charge in [-0.1, -0.05) is 6.92 Å². The Balaban J connectivity index is 1.65. The first-order valence-corrected chi connectivity index (χ1v) is 9.84. The number of piperidine rings is 1. The van der Waals surface area contributed by atoms with E-state index in [0.717, 1.165) is 49.4 Å². The highest BCUT2D eigenvalue weighted by Crippen LogP contribution is 2.33. The summed E-state index contributed by atoms with van der Waals surface area (Å²) in [6.45, 7) is 7.45. The number of aryl methyl sites for hydroxylation is 1. The van der Waals surface area contributed by atoms with E-state index in [1.54, 1.807) is 11.3 Å². The molecule has 0 unspecified atom stereocenters. The number of likely N-dealkylation sites (tertiary alicyclic amines) is 1. The molecule has 1 aliphatic carbocycles. The Kier molecular flexibility index (Phi) is 4.95. The predicted octanol–water partition coefficient (Wildman–Crippen LogP) is 2.84. The normalized spacial score (nSPS) is 23.6. The van der Waals surface area contributed by atoms with E-state index in [2.05, 4.69) is 17.2 Å². The van der Waals surface area contributed by atoms with Crippen LogP contribution in [-0.2, 0) is 15.1 Å². The van der Waals surface area contributed by atoms with Gasteiger partial charge >= 0.3 is 0 Å². The Bertz CT molecular complexity index is 626. The zero-order chi connectivity index (χ0) is 17.3. The van der Waals surface area contributed by atoms with E-state index < -0.39 is 5.54 Å². The van der Waals surface area contributed by atoms with Gasteiger partial charge in [-0.3, -0.25) is 9.59 Å². The summed E-state index contributed by atoms with van der Waals surface area (Å²) in [6, 6.07) is 0. The van der Waals surface area contributed by atoms with Crippen LogP contribution in [0.2, 0.25) is 0 Å². The van der Waals surface area contributed by atoms with Crippen molar-refractivity contribution in [3.8, 4) is 0 Å². The van der Waals surface area contributed by atoms with Crippen LogP contribution in [-0.4, -0.2) is 34.8 Å². The first-order chi connectivity index (χ1) is 11.4. The number of amides is 2. The molecule has 0 bridgehead atoms. The molecule has 1 saturated heterocycles. The van der Waals surface area contributed by atoms with Crippen molar-refractivity contribution in [3.63, 3.8) is 0 Å². The third kappa shape index (κ3) is 3.63. The van der Waals surface area contributed by atoms with Crippen LogP contribution in [0.15, 0.2) is 5.38 Å². The topological polar surface area (TPSA) is 62.3 Å². The molecular formula is C18H27N3O2S. The fraction of sp³-hybridized carbons (Fsp3) is 0.722. The molecule has 1 aromatic rings. The molecule has 6 heteroatoms. The van der Waals surface area contributed by atoms with Gasteiger partial charge in [0.15, 0.2) is 0 Å². The first kappa shape index (κ1) is 17.4. The highest BCUT2D eigenvalue weighted by atomic mass is 32.1. The third-order valence-corrected chi connectivity index (χ3v) is 6.45. The molecular weight excluding hydrogens is 322 g/mol. The zero-order valence-corrected chi connectivity index (χ0v) is 15.6. The van der Waals surface area contributed by atoms with Crippen LogP contribution in [0.5, 0.6) is 0 Å². The predicted molar refractivity (Wildman–Crippen MR) is 94.7 cm³/mol. The van der Waals surface area contributed by atoms with Crippen LogP contribution in [0.25, 0.3) is 0 Å². The third-order valence-electron chi connectivity index (χ3n) is 5.23. The summed E-state index contributed by atoms with van der Waals surface area (Å²) in [5, 5.41) is 6.19. The number of carbonyl (C=O) groups excluding carboxylic acids is 2. The molecule has 1 saturated carbocycles. The number of aromatic nitrogens is 1. The van der Waals surface area contributed by atoms with Gasteiger partial charge in [-0.15, -0.1) is 11.3 Å². The smallest absolute Gasteiger partial charge is 0.225 e. The summed E-state index contributed by atoms with van der Waals surface area (Å²) in [5.41, 5.74) is 0.557. The molecule has 0 spiro atoms. The molecule has 2 heterocycles. The van der Waals surface area contributed by atoms with Crippen LogP contribution in [0.3, 0.4) is 0 Å². The van der Waals surface area contributed by atoms with Gasteiger partial charge in [-0.05, 0) is 46.0 Å². The molecule has 2 amide bonds. The Hall–Kier alpha value is -1.43. The van der Waals surface area contributed by atoms with Gasteiger partial charge in [-0.2, -0.15) is 0 Å². The summed E-state index contributed by atoms with van der Waals surface area (Å²) in [6.07, 6.45) is 4.60. The maximum atomic E-state index is 12.8. The lowest BCUT2D eigenvalue weighted by Gasteiger charge is -2.35. The zero-order valence-electron chi connectivity index (χ0n) is 14.8. The van der Waals surface area contributed by atoms with Crippen molar-refractivity contribution in [1.29, 1.82) is 0 Å². The molecule has 1 aliphatic heterocycles. The summed E-state index contributed by atoms with van der Waals surface area (Å²) in [5.74, 6) is 0.432. The van der Waals surface area contributed by atoms with Gasteiger partial charge in [0, 0.05) is 30.1 Å². The monoisotopic (exact) mass is 349 g/mol. The molecule has 2 fully saturated rings. The maximum absolute atomic E-state index is 12.8. The van der Waals surface area contributed by atoms with Crippen molar-refractivity contribution in [1.82, 2.24) is 15.2 Å². The van der Waals surface area contributed by atoms with E-state index in [1.165, 1.54) is 0 Å². The Morgan fingerprint density at radius 1 is 1.38 bits per heavy atom. The number of thiazole rings is 1. The van der Waals surface area contributed by atoms with Crippen LogP contribution in [0.4, 0.5) is 0 Å². The van der Waals surface area contributed by atoms with E-state index in [1.807, 2.05) is 24.1 Å². The largest absolute Gasteiger partial charge is 0.344 e. The number of carbonyl (C=O) groups is 2. The standard InChI is InChI=1S/C18H27N3O2S/c1-4-18(3,17-19-12(2)11-24-17)20-15(22)14-6-5-9-21(10-14)16(23)13-7-8-13/h11,13-14H,4-10H2,1-3H3,(H,20,22)/t14-,18-/m0/s1. The lowest BCUT2D eigenvalue weighted by molar-refractivity contribution is -0.137. The van der Waals surface area contributed by atoms with Crippen molar-refractivity contribution in [2.75, 3.05) is 13.1 Å². The Morgan fingerprint density at radius 2 is 2.12 bits per heavy atom. The second-order valence-corrected chi connectivity index (χ2v) is 8.22. The second-order valence-electron chi connectivity index (χ2n) is 7.37. The number of rotatable bonds is 5. The molecule has 0 radical (unpaired) electrons. The van der Waals surface area contributed by atoms with Crippen molar-refractivity contribution < 1.29 is 9.59 Å². The highest BCUT2D eigenvalue weighted by Gasteiger charge is 2.38. The number of nitrogens with one attached hydrogen (secondary N) is 1. The number of nitrogens with zero attached hydrogens (tertiary/aromatic N) is 2. The maximum Gasteiger partial charge on any atom is 0.225 e. The summed E-state index contributed by atoms with van der Waals surface area (Å²) in [7, 11) is 0. The second kappa shape index (κ2) is 6.82. The highest BCUT2D eigenvalue weighted by molar-refractivity contribution is 7.09. The van der Waals surface area contributed by atoms with E-state index in [0.29, 0.717) is 6.54 Å². The summed E-state index contributed by atoms with van der Waals surface area (Å²) >= 11 is 1.60. The first-order valence-electron chi connectivity index (χ1n) is 8.96. The van der Waals surface area contributed by atoms with Gasteiger partial charge in [-0.25, -0.2) is 4.98 Å². The van der Waals surface area contributed by atoms with Crippen LogP contribution in [0, 0.1) is 18.8 Å². The molecule has 0 aromatic carbocycles. The molecule has 132 valence electrons. The summed E-state index contributed by atoms with van der Waals surface area (Å²) < 4.78 is 0. The van der Waals surface area contributed by atoms with Gasteiger partial charge < -0.3 is 10.2 Å². The molecule has 2 aliphatic rings. The average Bonchev–Trinajstić information content (AvgIpc) is 3.34. The molecule has 3 rings (SSSR count). The Morgan fingerprint density at radius 3 is 2.71 bits per heavy atom. The molecule has 1 aromatic heterocycles. The van der Waals surface area contributed by atoms with Crippen LogP contribution in [0.1, 0.15) is 56.7 Å². The average molecular weight is 350 g/mol. The van der Waals surface area contributed by atoms with Crippen molar-refractivity contribution in [2.24, 2.45) is 11.8 Å². The van der Waals surface area contributed by atoms with Crippen LogP contribution < -0.4 is 5.32 Å². The lowest BCUT2D eigenvalue weighted by atomic mass is 9.93. The SMILES string of the molecule is CC[C@](C)(NC(=O)[C@H]1CCCN(C(=O)C2CC2)C1)c1nc(C)cs1. The minimum absolute atomic E-state index is 0.0560. The van der Waals surface area contributed by atoms with Gasteiger partial charge in [0.05, 0.1) is 11.5 Å². The van der Waals surface area contributed by atoms with E-state index in [9.17, 15) is 9.59 Å². The molecule has 2 atom stereocenters. The van der Waals surface area contributed by atoms with Crippen molar-refractivity contribution >= 4 is 23.2 Å². The van der Waals surface area contributed by atoms with E-state index >= 15 is 0 Å². The quantitative estimate of drug-likeness (QED) is 0.889. The number of hydrogen-bond acceptors (Lipinski definition) is 4. The van der Waals surface area contributed by atoms with E-state index in [-0.39, 0.29) is 23.7 Å². The van der Waals surface area contributed by atoms with E-state index in [4.69, 9.17) is 0 Å². The summed E-state index contributed by atoms with van der Waals surface area (Å²) in [4.78, 5) is 31.6. The fourth-order valence-electron chi connectivity index (χ4n) is 3.25. The minimum atomic E-state index is -0.432. The molecule has 1 N–H and O–H groups in total. The van der Waals surface area contributed by atoms with Crippen molar-refractivity contribution in [2.45, 2.75) is 58.4 Å². The van der Waals surface area contributed by atoms with Crippen LogP contribution >= 0.6 is 11.3 Å².